The van der Waals surface area contributed by atoms with E-state index in [1.165, 1.54) is 6.07 Å². The molecule has 1 amide bonds. The third kappa shape index (κ3) is 3.58. The predicted octanol–water partition coefficient (Wildman–Crippen LogP) is 3.98. The Bertz CT molecular complexity index is 676. The van der Waals surface area contributed by atoms with Crippen molar-refractivity contribution >= 4 is 33.2 Å². The molecule has 1 aromatic carbocycles. The lowest BCUT2D eigenvalue weighted by Gasteiger charge is -2.12. The van der Waals surface area contributed by atoms with Crippen molar-refractivity contribution in [3.8, 4) is 0 Å². The minimum Gasteiger partial charge on any atom is -0.383 e. The fraction of sp³-hybridized carbons (Fsp3) is 0.200. The van der Waals surface area contributed by atoms with Crippen molar-refractivity contribution in [2.75, 3.05) is 17.2 Å². The van der Waals surface area contributed by atoms with Gasteiger partial charge in [0.2, 0.25) is 0 Å². The fourth-order valence-electron chi connectivity index (χ4n) is 1.89. The van der Waals surface area contributed by atoms with Crippen LogP contribution in [0.1, 0.15) is 22.8 Å². The van der Waals surface area contributed by atoms with Crippen LogP contribution in [0.25, 0.3) is 0 Å². The molecular formula is C15H15BrFN3O. The first-order valence-corrected chi connectivity index (χ1v) is 7.27. The summed E-state index contributed by atoms with van der Waals surface area (Å²) < 4.78 is 13.7. The summed E-state index contributed by atoms with van der Waals surface area (Å²) in [6.07, 6.45) is 3.16. The van der Waals surface area contributed by atoms with Crippen LogP contribution in [0.4, 0.5) is 15.8 Å². The molecule has 0 aliphatic rings. The van der Waals surface area contributed by atoms with Gasteiger partial charge in [-0.3, -0.25) is 9.78 Å². The second-order valence-electron chi connectivity index (χ2n) is 4.49. The van der Waals surface area contributed by atoms with Crippen LogP contribution < -0.4 is 10.6 Å². The van der Waals surface area contributed by atoms with E-state index in [9.17, 15) is 9.18 Å². The van der Waals surface area contributed by atoms with Crippen LogP contribution in [0.5, 0.6) is 0 Å². The van der Waals surface area contributed by atoms with Gasteiger partial charge in [-0.2, -0.15) is 0 Å². The smallest absolute Gasteiger partial charge is 0.257 e. The summed E-state index contributed by atoms with van der Waals surface area (Å²) in [4.78, 5) is 16.4. The van der Waals surface area contributed by atoms with E-state index < -0.39 is 0 Å². The van der Waals surface area contributed by atoms with Gasteiger partial charge in [-0.1, -0.05) is 0 Å². The van der Waals surface area contributed by atoms with Crippen LogP contribution in [-0.4, -0.2) is 17.4 Å². The Morgan fingerprint density at radius 2 is 2.14 bits per heavy atom. The lowest BCUT2D eigenvalue weighted by molar-refractivity contribution is 0.102. The molecule has 1 aromatic heterocycles. The Kier molecular flexibility index (Phi) is 4.90. The number of carbonyl (C=O) groups is 1. The van der Waals surface area contributed by atoms with Crippen LogP contribution in [-0.2, 0) is 0 Å². The maximum Gasteiger partial charge on any atom is 0.257 e. The highest BCUT2D eigenvalue weighted by atomic mass is 79.9. The van der Waals surface area contributed by atoms with Gasteiger partial charge in [0.25, 0.3) is 5.91 Å². The van der Waals surface area contributed by atoms with Crippen molar-refractivity contribution in [3.63, 3.8) is 0 Å². The molecule has 0 aliphatic heterocycles. The SMILES string of the molecule is CCNc1cnccc1C(=O)Nc1cc(Br)c(F)cc1C. The van der Waals surface area contributed by atoms with Gasteiger partial charge in [0.05, 0.1) is 21.9 Å². The zero-order valence-electron chi connectivity index (χ0n) is 11.7. The van der Waals surface area contributed by atoms with Gasteiger partial charge in [-0.05, 0) is 53.5 Å². The Labute approximate surface area is 130 Å². The van der Waals surface area contributed by atoms with Crippen LogP contribution in [0.15, 0.2) is 35.1 Å². The molecule has 0 atom stereocenters. The largest absolute Gasteiger partial charge is 0.383 e. The number of amides is 1. The summed E-state index contributed by atoms with van der Waals surface area (Å²) in [5.74, 6) is -0.627. The molecule has 0 aliphatic carbocycles. The highest BCUT2D eigenvalue weighted by Gasteiger charge is 2.13. The Balaban J connectivity index is 2.28. The first-order valence-electron chi connectivity index (χ1n) is 6.47. The molecule has 6 heteroatoms. The van der Waals surface area contributed by atoms with E-state index in [1.54, 1.807) is 31.5 Å². The van der Waals surface area contributed by atoms with Gasteiger partial charge < -0.3 is 10.6 Å². The van der Waals surface area contributed by atoms with Crippen molar-refractivity contribution in [3.05, 3.63) is 52.0 Å². The Hall–Kier alpha value is -1.95. The van der Waals surface area contributed by atoms with Crippen molar-refractivity contribution in [2.45, 2.75) is 13.8 Å². The average molecular weight is 352 g/mol. The van der Waals surface area contributed by atoms with Crippen molar-refractivity contribution in [1.82, 2.24) is 4.98 Å². The van der Waals surface area contributed by atoms with E-state index in [2.05, 4.69) is 31.5 Å². The lowest BCUT2D eigenvalue weighted by Crippen LogP contribution is -2.15. The molecule has 0 saturated heterocycles. The zero-order valence-corrected chi connectivity index (χ0v) is 13.3. The van der Waals surface area contributed by atoms with E-state index in [0.29, 0.717) is 33.5 Å². The van der Waals surface area contributed by atoms with Crippen molar-refractivity contribution in [2.24, 2.45) is 0 Å². The van der Waals surface area contributed by atoms with Crippen molar-refractivity contribution < 1.29 is 9.18 Å². The van der Waals surface area contributed by atoms with Crippen LogP contribution >= 0.6 is 15.9 Å². The first kappa shape index (κ1) is 15.4. The Morgan fingerprint density at radius 1 is 1.38 bits per heavy atom. The van der Waals surface area contributed by atoms with Crippen molar-refractivity contribution in [1.29, 1.82) is 0 Å². The molecule has 110 valence electrons. The van der Waals surface area contributed by atoms with E-state index in [4.69, 9.17) is 0 Å². The number of aromatic nitrogens is 1. The summed E-state index contributed by atoms with van der Waals surface area (Å²) in [6, 6.07) is 4.56. The number of rotatable bonds is 4. The summed E-state index contributed by atoms with van der Waals surface area (Å²) in [5.41, 5.74) is 2.37. The molecule has 0 fully saturated rings. The normalized spacial score (nSPS) is 10.3. The second kappa shape index (κ2) is 6.67. The number of halogens is 2. The summed E-state index contributed by atoms with van der Waals surface area (Å²) >= 11 is 3.12. The number of nitrogens with zero attached hydrogens (tertiary/aromatic N) is 1. The van der Waals surface area contributed by atoms with Gasteiger partial charge in [-0.25, -0.2) is 4.39 Å². The highest BCUT2D eigenvalue weighted by Crippen LogP contribution is 2.25. The van der Waals surface area contributed by atoms with Crippen LogP contribution in [0.2, 0.25) is 0 Å². The van der Waals surface area contributed by atoms with E-state index in [1.807, 2.05) is 6.92 Å². The number of hydrogen-bond donors (Lipinski definition) is 2. The highest BCUT2D eigenvalue weighted by molar-refractivity contribution is 9.10. The molecule has 1 heterocycles. The number of pyridine rings is 1. The molecule has 0 saturated carbocycles. The van der Waals surface area contributed by atoms with Gasteiger partial charge >= 0.3 is 0 Å². The average Bonchev–Trinajstić information content (AvgIpc) is 2.45. The molecule has 2 aromatic rings. The third-order valence-electron chi connectivity index (χ3n) is 2.95. The van der Waals surface area contributed by atoms with Gasteiger partial charge in [0, 0.05) is 18.4 Å². The summed E-state index contributed by atoms with van der Waals surface area (Å²) in [5, 5.41) is 5.88. The molecule has 21 heavy (non-hydrogen) atoms. The van der Waals surface area contributed by atoms with Crippen LogP contribution in [0, 0.1) is 12.7 Å². The maximum absolute atomic E-state index is 13.4. The summed E-state index contributed by atoms with van der Waals surface area (Å²) in [7, 11) is 0. The van der Waals surface area contributed by atoms with Gasteiger partial charge in [-0.15, -0.1) is 0 Å². The summed E-state index contributed by atoms with van der Waals surface area (Å²) in [6.45, 7) is 4.37. The molecule has 0 radical (unpaired) electrons. The quantitative estimate of drug-likeness (QED) is 0.875. The monoisotopic (exact) mass is 351 g/mol. The molecule has 2 N–H and O–H groups in total. The zero-order chi connectivity index (χ0) is 15.4. The molecule has 0 bridgehead atoms. The number of hydrogen-bond acceptors (Lipinski definition) is 3. The number of nitrogens with one attached hydrogen (secondary N) is 2. The topological polar surface area (TPSA) is 54.0 Å². The minimum atomic E-state index is -0.359. The lowest BCUT2D eigenvalue weighted by atomic mass is 10.1. The number of aryl methyl sites for hydroxylation is 1. The number of benzene rings is 1. The van der Waals surface area contributed by atoms with E-state index >= 15 is 0 Å². The van der Waals surface area contributed by atoms with Gasteiger partial charge in [0.1, 0.15) is 5.82 Å². The number of carbonyl (C=O) groups excluding carboxylic acids is 1. The first-order chi connectivity index (χ1) is 10.0. The van der Waals surface area contributed by atoms with Gasteiger partial charge in [0.15, 0.2) is 0 Å². The molecule has 4 nitrogen and oxygen atoms in total. The number of anilines is 2. The predicted molar refractivity (Wildman–Crippen MR) is 85.2 cm³/mol. The third-order valence-corrected chi connectivity index (χ3v) is 3.56. The standard InChI is InChI=1S/C15H15BrFN3O/c1-3-19-14-8-18-5-4-10(14)15(21)20-13-7-11(16)12(17)6-9(13)2/h4-8,19H,3H2,1-2H3,(H,20,21). The minimum absolute atomic E-state index is 0.269. The fourth-order valence-corrected chi connectivity index (χ4v) is 2.24. The molecule has 0 unspecified atom stereocenters. The molecule has 2 rings (SSSR count). The molecule has 0 spiro atoms. The Morgan fingerprint density at radius 3 is 2.86 bits per heavy atom. The van der Waals surface area contributed by atoms with E-state index in [-0.39, 0.29) is 11.7 Å². The maximum atomic E-state index is 13.4. The van der Waals surface area contributed by atoms with E-state index in [0.717, 1.165) is 0 Å². The molecular weight excluding hydrogens is 337 g/mol. The van der Waals surface area contributed by atoms with Crippen LogP contribution in [0.3, 0.4) is 0 Å². The second-order valence-corrected chi connectivity index (χ2v) is 5.34.